The van der Waals surface area contributed by atoms with Gasteiger partial charge in [-0.25, -0.2) is 4.98 Å². The number of aryl methyl sites for hydroxylation is 2. The third-order valence-electron chi connectivity index (χ3n) is 4.82. The molecule has 1 atom stereocenters. The number of furan rings is 1. The van der Waals surface area contributed by atoms with Crippen LogP contribution in [0.15, 0.2) is 28.9 Å². The van der Waals surface area contributed by atoms with Crippen molar-refractivity contribution in [1.29, 1.82) is 0 Å². The molecule has 1 aliphatic heterocycles. The summed E-state index contributed by atoms with van der Waals surface area (Å²) in [4.78, 5) is 19.5. The largest absolute Gasteiger partial charge is 0.480 e. The molecule has 4 rings (SSSR count). The van der Waals surface area contributed by atoms with Crippen LogP contribution in [0.5, 0.6) is 5.88 Å². The smallest absolute Gasteiger partial charge is 0.259 e. The Bertz CT molecular complexity index is 724. The summed E-state index contributed by atoms with van der Waals surface area (Å²) in [6, 6.07) is 5.80. The molecule has 0 N–H and O–H groups in total. The molecular formula is C18H20N2O3. The molecule has 2 aliphatic rings. The van der Waals surface area contributed by atoms with Crippen LogP contribution in [0.25, 0.3) is 0 Å². The minimum Gasteiger partial charge on any atom is -0.480 e. The van der Waals surface area contributed by atoms with Crippen LogP contribution in [-0.4, -0.2) is 29.4 Å². The summed E-state index contributed by atoms with van der Waals surface area (Å²) < 4.78 is 10.9. The molecule has 0 aromatic carbocycles. The minimum atomic E-state index is -0.0112. The van der Waals surface area contributed by atoms with Crippen molar-refractivity contribution in [2.75, 3.05) is 13.7 Å². The zero-order chi connectivity index (χ0) is 15.8. The molecule has 120 valence electrons. The maximum Gasteiger partial charge on any atom is 0.259 e. The van der Waals surface area contributed by atoms with Crippen LogP contribution >= 0.6 is 0 Å². The molecule has 5 nitrogen and oxygen atoms in total. The summed E-state index contributed by atoms with van der Waals surface area (Å²) in [6.45, 7) is 0.741. The van der Waals surface area contributed by atoms with Gasteiger partial charge in [0.1, 0.15) is 11.3 Å². The number of pyridine rings is 1. The third-order valence-corrected chi connectivity index (χ3v) is 4.82. The van der Waals surface area contributed by atoms with E-state index in [0.717, 1.165) is 50.1 Å². The van der Waals surface area contributed by atoms with Crippen LogP contribution in [-0.2, 0) is 12.8 Å². The number of rotatable bonds is 3. The van der Waals surface area contributed by atoms with Crippen molar-refractivity contribution < 1.29 is 13.9 Å². The molecule has 1 aliphatic carbocycles. The second kappa shape index (κ2) is 5.72. The van der Waals surface area contributed by atoms with Gasteiger partial charge in [0.25, 0.3) is 5.91 Å². The summed E-state index contributed by atoms with van der Waals surface area (Å²) in [6.07, 6.45) is 6.64. The van der Waals surface area contributed by atoms with Crippen molar-refractivity contribution in [3.63, 3.8) is 0 Å². The highest BCUT2D eigenvalue weighted by atomic mass is 16.5. The van der Waals surface area contributed by atoms with Crippen molar-refractivity contribution in [2.24, 2.45) is 0 Å². The van der Waals surface area contributed by atoms with Gasteiger partial charge in [-0.05, 0) is 55.9 Å². The maximum absolute atomic E-state index is 13.1. The number of methoxy groups -OCH3 is 1. The predicted molar refractivity (Wildman–Crippen MR) is 84.5 cm³/mol. The first-order valence-electron chi connectivity index (χ1n) is 8.19. The van der Waals surface area contributed by atoms with Crippen LogP contribution in [0.1, 0.15) is 52.7 Å². The van der Waals surface area contributed by atoms with E-state index in [1.807, 2.05) is 23.1 Å². The Kier molecular flexibility index (Phi) is 3.56. The number of hydrogen-bond acceptors (Lipinski definition) is 4. The first-order chi connectivity index (χ1) is 11.3. The van der Waals surface area contributed by atoms with E-state index >= 15 is 0 Å². The summed E-state index contributed by atoms with van der Waals surface area (Å²) in [5.74, 6) is 1.28. The SMILES string of the molecule is COc1nc2c(cc1C(=O)N1CCC[C@H]1c1ccco1)CCC2. The molecule has 0 saturated carbocycles. The Morgan fingerprint density at radius 3 is 3.09 bits per heavy atom. The highest BCUT2D eigenvalue weighted by Crippen LogP contribution is 2.35. The summed E-state index contributed by atoms with van der Waals surface area (Å²) in [7, 11) is 1.58. The molecule has 1 fully saturated rings. The Balaban J connectivity index is 1.69. The zero-order valence-corrected chi connectivity index (χ0v) is 13.2. The van der Waals surface area contributed by atoms with Gasteiger partial charge in [-0.2, -0.15) is 0 Å². The van der Waals surface area contributed by atoms with Gasteiger partial charge in [-0.3, -0.25) is 4.79 Å². The lowest BCUT2D eigenvalue weighted by molar-refractivity contribution is 0.0715. The van der Waals surface area contributed by atoms with Gasteiger partial charge in [0.15, 0.2) is 0 Å². The molecule has 3 heterocycles. The number of amides is 1. The minimum absolute atomic E-state index is 0.00969. The molecule has 2 aromatic rings. The molecule has 5 heteroatoms. The fraction of sp³-hybridized carbons (Fsp3) is 0.444. The van der Waals surface area contributed by atoms with Gasteiger partial charge in [0.05, 0.1) is 19.4 Å². The number of fused-ring (bicyclic) bond motifs is 1. The standard InChI is InChI=1S/C18H20N2O3/c1-22-17-13(11-12-5-2-6-14(12)19-17)18(21)20-9-3-7-15(20)16-8-4-10-23-16/h4,8,10-11,15H,2-3,5-7,9H2,1H3/t15-/m0/s1. The van der Waals surface area contributed by atoms with Gasteiger partial charge >= 0.3 is 0 Å². The number of ether oxygens (including phenoxy) is 1. The third kappa shape index (κ3) is 2.40. The molecule has 0 bridgehead atoms. The van der Waals surface area contributed by atoms with Gasteiger partial charge < -0.3 is 14.1 Å². The molecule has 2 aromatic heterocycles. The maximum atomic E-state index is 13.1. The van der Waals surface area contributed by atoms with Crippen molar-refractivity contribution in [3.8, 4) is 5.88 Å². The normalized spacial score (nSPS) is 19.9. The molecule has 0 spiro atoms. The zero-order valence-electron chi connectivity index (χ0n) is 13.2. The summed E-state index contributed by atoms with van der Waals surface area (Å²) >= 11 is 0. The average molecular weight is 312 g/mol. The Labute approximate surface area is 135 Å². The van der Waals surface area contributed by atoms with Crippen LogP contribution < -0.4 is 4.74 Å². The van der Waals surface area contributed by atoms with E-state index in [9.17, 15) is 4.79 Å². The fourth-order valence-electron chi connectivity index (χ4n) is 3.70. The van der Waals surface area contributed by atoms with E-state index in [0.29, 0.717) is 11.4 Å². The number of carbonyl (C=O) groups excluding carboxylic acids is 1. The van der Waals surface area contributed by atoms with E-state index in [4.69, 9.17) is 9.15 Å². The predicted octanol–water partition coefficient (Wildman–Crippen LogP) is 3.15. The first kappa shape index (κ1) is 14.3. The van der Waals surface area contributed by atoms with Gasteiger partial charge in [0.2, 0.25) is 5.88 Å². The second-order valence-electron chi connectivity index (χ2n) is 6.18. The van der Waals surface area contributed by atoms with E-state index in [-0.39, 0.29) is 11.9 Å². The van der Waals surface area contributed by atoms with Crippen molar-refractivity contribution in [2.45, 2.75) is 38.1 Å². The quantitative estimate of drug-likeness (QED) is 0.873. The lowest BCUT2D eigenvalue weighted by Gasteiger charge is -2.24. The number of carbonyl (C=O) groups is 1. The second-order valence-corrected chi connectivity index (χ2v) is 6.18. The van der Waals surface area contributed by atoms with E-state index in [1.165, 1.54) is 5.56 Å². The van der Waals surface area contributed by atoms with Gasteiger partial charge in [-0.15, -0.1) is 0 Å². The van der Waals surface area contributed by atoms with Crippen molar-refractivity contribution in [1.82, 2.24) is 9.88 Å². The molecule has 1 saturated heterocycles. The number of likely N-dealkylation sites (tertiary alicyclic amines) is 1. The van der Waals surface area contributed by atoms with Crippen LogP contribution in [0.4, 0.5) is 0 Å². The Morgan fingerprint density at radius 2 is 2.30 bits per heavy atom. The van der Waals surface area contributed by atoms with E-state index in [2.05, 4.69) is 4.98 Å². The average Bonchev–Trinajstić information content (AvgIpc) is 3.32. The lowest BCUT2D eigenvalue weighted by Crippen LogP contribution is -2.31. The molecule has 1 amide bonds. The van der Waals surface area contributed by atoms with Crippen molar-refractivity contribution >= 4 is 5.91 Å². The number of nitrogens with zero attached hydrogens (tertiary/aromatic N) is 2. The topological polar surface area (TPSA) is 55.6 Å². The molecule has 23 heavy (non-hydrogen) atoms. The van der Waals surface area contributed by atoms with Crippen LogP contribution in [0, 0.1) is 0 Å². The highest BCUT2D eigenvalue weighted by Gasteiger charge is 2.34. The van der Waals surface area contributed by atoms with Gasteiger partial charge in [0, 0.05) is 12.2 Å². The van der Waals surface area contributed by atoms with E-state index in [1.54, 1.807) is 13.4 Å². The summed E-state index contributed by atoms with van der Waals surface area (Å²) in [5, 5.41) is 0. The fourth-order valence-corrected chi connectivity index (χ4v) is 3.70. The molecular weight excluding hydrogens is 292 g/mol. The highest BCUT2D eigenvalue weighted by molar-refractivity contribution is 5.97. The molecule has 0 unspecified atom stereocenters. The summed E-state index contributed by atoms with van der Waals surface area (Å²) in [5.41, 5.74) is 2.83. The first-order valence-corrected chi connectivity index (χ1v) is 8.19. The van der Waals surface area contributed by atoms with Crippen LogP contribution in [0.2, 0.25) is 0 Å². The Hall–Kier alpha value is -2.30. The van der Waals surface area contributed by atoms with Gasteiger partial charge in [-0.1, -0.05) is 0 Å². The monoisotopic (exact) mass is 312 g/mol. The molecule has 0 radical (unpaired) electrons. The Morgan fingerprint density at radius 1 is 1.39 bits per heavy atom. The lowest BCUT2D eigenvalue weighted by atomic mass is 10.1. The number of hydrogen-bond donors (Lipinski definition) is 0. The van der Waals surface area contributed by atoms with E-state index < -0.39 is 0 Å². The van der Waals surface area contributed by atoms with Crippen molar-refractivity contribution in [3.05, 3.63) is 47.0 Å². The van der Waals surface area contributed by atoms with Crippen LogP contribution in [0.3, 0.4) is 0 Å². The number of aromatic nitrogens is 1.